The molecular weight excluding hydrogens is 453 g/mol. The largest absolute Gasteiger partial charge is 0.494 e. The summed E-state index contributed by atoms with van der Waals surface area (Å²) in [7, 11) is 0. The van der Waals surface area contributed by atoms with E-state index in [2.05, 4.69) is 11.0 Å². The van der Waals surface area contributed by atoms with Crippen molar-refractivity contribution in [2.75, 3.05) is 31.1 Å². The Morgan fingerprint density at radius 2 is 1.61 bits per heavy atom. The zero-order valence-corrected chi connectivity index (χ0v) is 20.6. The molecule has 5 nitrogen and oxygen atoms in total. The van der Waals surface area contributed by atoms with Gasteiger partial charge in [-0.3, -0.25) is 4.79 Å². The van der Waals surface area contributed by atoms with Gasteiger partial charge in [0.1, 0.15) is 17.6 Å². The molecule has 6 heteroatoms. The van der Waals surface area contributed by atoms with Crippen LogP contribution in [0.5, 0.6) is 5.75 Å². The first-order valence-electron chi connectivity index (χ1n) is 12.9. The van der Waals surface area contributed by atoms with Crippen LogP contribution in [0.15, 0.2) is 78.9 Å². The van der Waals surface area contributed by atoms with Crippen LogP contribution in [0.1, 0.15) is 37.2 Å². The number of amides is 1. The number of primary amides is 1. The Kier molecular flexibility index (Phi) is 7.52. The molecule has 0 spiro atoms. The van der Waals surface area contributed by atoms with Crippen molar-refractivity contribution in [1.29, 1.82) is 0 Å². The van der Waals surface area contributed by atoms with Gasteiger partial charge in [0.2, 0.25) is 5.91 Å². The van der Waals surface area contributed by atoms with Crippen LogP contribution in [0.25, 0.3) is 0 Å². The SMILES string of the molecule is NC(=O)C1C(CCN2CCC(CCOc3ccccc3)CC2)c2ccccc2N1c1ccc(F)cc1. The average Bonchev–Trinajstić information content (AvgIpc) is 3.24. The number of ether oxygens (including phenoxy) is 1. The fourth-order valence-electron chi connectivity index (χ4n) is 5.74. The first-order valence-corrected chi connectivity index (χ1v) is 12.9. The van der Waals surface area contributed by atoms with Gasteiger partial charge in [-0.25, -0.2) is 4.39 Å². The summed E-state index contributed by atoms with van der Waals surface area (Å²) >= 11 is 0. The molecule has 1 amide bonds. The Morgan fingerprint density at radius 3 is 2.33 bits per heavy atom. The molecule has 188 valence electrons. The minimum absolute atomic E-state index is 0.000693. The van der Waals surface area contributed by atoms with Gasteiger partial charge in [0.25, 0.3) is 0 Å². The number of benzene rings is 3. The molecule has 2 atom stereocenters. The van der Waals surface area contributed by atoms with Crippen LogP contribution >= 0.6 is 0 Å². The molecule has 36 heavy (non-hydrogen) atoms. The third-order valence-corrected chi connectivity index (χ3v) is 7.65. The van der Waals surface area contributed by atoms with E-state index >= 15 is 0 Å². The molecule has 0 aliphatic carbocycles. The van der Waals surface area contributed by atoms with Gasteiger partial charge in [0, 0.05) is 17.3 Å². The van der Waals surface area contributed by atoms with Gasteiger partial charge in [0.05, 0.1) is 6.61 Å². The number of likely N-dealkylation sites (tertiary alicyclic amines) is 1. The van der Waals surface area contributed by atoms with Crippen LogP contribution < -0.4 is 15.4 Å². The van der Waals surface area contributed by atoms with Gasteiger partial charge < -0.3 is 20.3 Å². The minimum atomic E-state index is -0.486. The lowest BCUT2D eigenvalue weighted by Gasteiger charge is -2.33. The minimum Gasteiger partial charge on any atom is -0.494 e. The average molecular weight is 488 g/mol. The Bertz CT molecular complexity index is 1150. The predicted octanol–water partition coefficient (Wildman–Crippen LogP) is 5.49. The number of fused-ring (bicyclic) bond motifs is 1. The van der Waals surface area contributed by atoms with Crippen molar-refractivity contribution in [1.82, 2.24) is 4.90 Å². The second-order valence-corrected chi connectivity index (χ2v) is 9.88. The van der Waals surface area contributed by atoms with E-state index in [1.165, 1.54) is 25.0 Å². The van der Waals surface area contributed by atoms with Crippen LogP contribution in [-0.4, -0.2) is 43.1 Å². The Morgan fingerprint density at radius 1 is 0.917 bits per heavy atom. The van der Waals surface area contributed by atoms with Gasteiger partial charge in [-0.1, -0.05) is 36.4 Å². The standard InChI is InChI=1S/C30H34FN3O2/c31-23-10-12-24(13-11-23)34-28-9-5-4-8-26(28)27(29(34)30(32)35)16-20-33-18-14-22(15-19-33)17-21-36-25-6-2-1-3-7-25/h1-13,22,27,29H,14-21H2,(H2,32,35). The number of rotatable bonds is 9. The number of halogens is 1. The Hall–Kier alpha value is -3.38. The quantitative estimate of drug-likeness (QED) is 0.434. The molecule has 3 aromatic carbocycles. The highest BCUT2D eigenvalue weighted by Crippen LogP contribution is 2.46. The first-order chi connectivity index (χ1) is 17.6. The molecule has 5 rings (SSSR count). The van der Waals surface area contributed by atoms with E-state index in [1.54, 1.807) is 12.1 Å². The predicted molar refractivity (Wildman–Crippen MR) is 141 cm³/mol. The smallest absolute Gasteiger partial charge is 0.241 e. The molecule has 0 saturated carbocycles. The number of piperidine rings is 1. The number of carbonyl (C=O) groups is 1. The molecule has 2 unspecified atom stereocenters. The second kappa shape index (κ2) is 11.1. The van der Waals surface area contributed by atoms with Crippen LogP contribution in [0.4, 0.5) is 15.8 Å². The van der Waals surface area contributed by atoms with Crippen LogP contribution in [0, 0.1) is 11.7 Å². The van der Waals surface area contributed by atoms with Crippen molar-refractivity contribution < 1.29 is 13.9 Å². The fraction of sp³-hybridized carbons (Fsp3) is 0.367. The summed E-state index contributed by atoms with van der Waals surface area (Å²) in [4.78, 5) is 17.2. The van der Waals surface area contributed by atoms with E-state index in [0.29, 0.717) is 5.92 Å². The van der Waals surface area contributed by atoms with Crippen molar-refractivity contribution in [3.8, 4) is 5.75 Å². The first kappa shape index (κ1) is 24.3. The molecule has 2 N–H and O–H groups in total. The molecule has 2 heterocycles. The lowest BCUT2D eigenvalue weighted by molar-refractivity contribution is -0.119. The van der Waals surface area contributed by atoms with E-state index in [-0.39, 0.29) is 17.6 Å². The number of para-hydroxylation sites is 2. The van der Waals surface area contributed by atoms with E-state index < -0.39 is 6.04 Å². The third-order valence-electron chi connectivity index (χ3n) is 7.65. The van der Waals surface area contributed by atoms with Crippen molar-refractivity contribution >= 4 is 17.3 Å². The van der Waals surface area contributed by atoms with Crippen molar-refractivity contribution in [3.05, 3.63) is 90.2 Å². The highest BCUT2D eigenvalue weighted by molar-refractivity contribution is 5.91. The molecular formula is C30H34FN3O2. The maximum absolute atomic E-state index is 13.6. The summed E-state index contributed by atoms with van der Waals surface area (Å²) in [5, 5.41) is 0. The van der Waals surface area contributed by atoms with Crippen LogP contribution in [0.2, 0.25) is 0 Å². The molecule has 2 aliphatic heterocycles. The molecule has 0 radical (unpaired) electrons. The fourth-order valence-corrected chi connectivity index (χ4v) is 5.74. The van der Waals surface area contributed by atoms with E-state index in [1.807, 2.05) is 53.4 Å². The normalized spacial score (nSPS) is 20.3. The maximum Gasteiger partial charge on any atom is 0.241 e. The van der Waals surface area contributed by atoms with Gasteiger partial charge >= 0.3 is 0 Å². The van der Waals surface area contributed by atoms with E-state index in [4.69, 9.17) is 10.5 Å². The van der Waals surface area contributed by atoms with Crippen molar-refractivity contribution in [3.63, 3.8) is 0 Å². The molecule has 3 aromatic rings. The van der Waals surface area contributed by atoms with Crippen molar-refractivity contribution in [2.24, 2.45) is 11.7 Å². The number of nitrogens with zero attached hydrogens (tertiary/aromatic N) is 2. The summed E-state index contributed by atoms with van der Waals surface area (Å²) < 4.78 is 19.5. The molecule has 1 saturated heterocycles. The third kappa shape index (κ3) is 5.39. The van der Waals surface area contributed by atoms with Crippen molar-refractivity contribution in [2.45, 2.75) is 37.6 Å². The summed E-state index contributed by atoms with van der Waals surface area (Å²) in [6.07, 6.45) is 4.26. The summed E-state index contributed by atoms with van der Waals surface area (Å²) in [6, 6.07) is 23.9. The highest BCUT2D eigenvalue weighted by atomic mass is 19.1. The molecule has 0 bridgehead atoms. The number of hydrogen-bond acceptors (Lipinski definition) is 4. The zero-order chi connectivity index (χ0) is 24.9. The second-order valence-electron chi connectivity index (χ2n) is 9.88. The highest BCUT2D eigenvalue weighted by Gasteiger charge is 2.42. The van der Waals surface area contributed by atoms with Crippen LogP contribution in [-0.2, 0) is 4.79 Å². The maximum atomic E-state index is 13.6. The monoisotopic (exact) mass is 487 g/mol. The number of nitrogens with two attached hydrogens (primary N) is 1. The van der Waals surface area contributed by atoms with Gasteiger partial charge in [-0.15, -0.1) is 0 Å². The zero-order valence-electron chi connectivity index (χ0n) is 20.6. The van der Waals surface area contributed by atoms with Crippen LogP contribution in [0.3, 0.4) is 0 Å². The summed E-state index contributed by atoms with van der Waals surface area (Å²) in [6.45, 7) is 3.81. The molecule has 0 aromatic heterocycles. The Labute approximate surface area is 212 Å². The van der Waals surface area contributed by atoms with Gasteiger partial charge in [0.15, 0.2) is 0 Å². The van der Waals surface area contributed by atoms with E-state index in [0.717, 1.165) is 61.8 Å². The number of anilines is 2. The molecule has 1 fully saturated rings. The van der Waals surface area contributed by atoms with E-state index in [9.17, 15) is 9.18 Å². The van der Waals surface area contributed by atoms with Gasteiger partial charge in [-0.05, 0) is 99.3 Å². The lowest BCUT2D eigenvalue weighted by Crippen LogP contribution is -2.43. The summed E-state index contributed by atoms with van der Waals surface area (Å²) in [5.41, 5.74) is 8.87. The molecule has 2 aliphatic rings. The Balaban J connectivity index is 1.19. The topological polar surface area (TPSA) is 58.8 Å². The van der Waals surface area contributed by atoms with Gasteiger partial charge in [-0.2, -0.15) is 0 Å². The lowest BCUT2D eigenvalue weighted by atomic mass is 9.89. The summed E-state index contributed by atoms with van der Waals surface area (Å²) in [5.74, 6) is 0.974. The number of hydrogen-bond donors (Lipinski definition) is 1. The number of carbonyl (C=O) groups excluding carboxylic acids is 1.